The molecule has 1 unspecified atom stereocenters. The maximum absolute atomic E-state index is 2.68. The summed E-state index contributed by atoms with van der Waals surface area (Å²) >= 11 is -2.64. The fourth-order valence-corrected chi connectivity index (χ4v) is 20.7. The molecule has 0 aromatic rings. The van der Waals surface area contributed by atoms with E-state index in [2.05, 4.69) is 74.4 Å². The van der Waals surface area contributed by atoms with Crippen molar-refractivity contribution in [2.45, 2.75) is 63.2 Å². The standard InChI is InChI=1S/C9H13.C8H11.2CH3.Hf/c1-6-5-7(2)9(4)8(6)3;1-2-5-8-6-3-4-7-8;;;/h5H,1-4H3;3-4,6-7H,2,5H2,1H3;2*1H3;. The van der Waals surface area contributed by atoms with Gasteiger partial charge in [0.15, 0.2) is 0 Å². The molecule has 0 aliphatic heterocycles. The normalized spacial score (nSPS) is 28.4. The predicted molar refractivity (Wildman–Crippen MR) is 88.1 cm³/mol. The van der Waals surface area contributed by atoms with Crippen LogP contribution in [0.2, 0.25) is 15.7 Å². The van der Waals surface area contributed by atoms with Crippen molar-refractivity contribution in [3.63, 3.8) is 0 Å². The molecule has 0 nitrogen and oxygen atoms in total. The molecule has 0 radical (unpaired) electrons. The SMILES string of the molecule is CCC[C]1([Hf]([CH3])([CH3])[C]2(C)C=C(C)C(C)=C2C)C=CC=C1. The van der Waals surface area contributed by atoms with Crippen molar-refractivity contribution in [3.05, 3.63) is 47.1 Å². The first-order valence-electron chi connectivity index (χ1n) is 7.97. The summed E-state index contributed by atoms with van der Waals surface area (Å²) in [6.45, 7) is 11.8. The fourth-order valence-electron chi connectivity index (χ4n) is 4.29. The summed E-state index contributed by atoms with van der Waals surface area (Å²) in [7, 11) is 0. The molecule has 0 aromatic carbocycles. The summed E-state index contributed by atoms with van der Waals surface area (Å²) in [4.78, 5) is 0. The summed E-state index contributed by atoms with van der Waals surface area (Å²) < 4.78 is 6.11. The first-order valence-corrected chi connectivity index (χ1v) is 18.7. The molecule has 0 saturated heterocycles. The Morgan fingerprint density at radius 3 is 2.00 bits per heavy atom. The van der Waals surface area contributed by atoms with Crippen LogP contribution >= 0.6 is 0 Å². The molecule has 1 atom stereocenters. The zero-order valence-corrected chi connectivity index (χ0v) is 17.9. The van der Waals surface area contributed by atoms with Crippen LogP contribution in [0.1, 0.15) is 47.5 Å². The summed E-state index contributed by atoms with van der Waals surface area (Å²) in [5.41, 5.74) is 4.69. The first kappa shape index (κ1) is 16.2. The average molecular weight is 437 g/mol. The van der Waals surface area contributed by atoms with E-state index in [-0.39, 0.29) is 0 Å². The zero-order valence-electron chi connectivity index (χ0n) is 14.3. The summed E-state index contributed by atoms with van der Waals surface area (Å²) in [5, 5.41) is 0. The number of rotatable bonds is 4. The van der Waals surface area contributed by atoms with E-state index in [4.69, 9.17) is 0 Å². The van der Waals surface area contributed by atoms with E-state index in [1.165, 1.54) is 24.0 Å². The van der Waals surface area contributed by atoms with E-state index in [1.807, 2.05) is 0 Å². The Kier molecular flexibility index (Phi) is 4.24. The van der Waals surface area contributed by atoms with Gasteiger partial charge in [0.1, 0.15) is 0 Å². The number of hydrogen-bond donors (Lipinski definition) is 0. The first-order chi connectivity index (χ1) is 9.22. The third kappa shape index (κ3) is 2.03. The van der Waals surface area contributed by atoms with E-state index in [0.717, 1.165) is 0 Å². The van der Waals surface area contributed by atoms with Crippen LogP contribution in [0.3, 0.4) is 0 Å². The molecule has 0 aromatic heterocycles. The van der Waals surface area contributed by atoms with E-state index in [0.29, 0.717) is 6.34 Å². The van der Waals surface area contributed by atoms with Gasteiger partial charge in [-0.05, 0) is 0 Å². The predicted octanol–water partition coefficient (Wildman–Crippen LogP) is 6.80. The van der Waals surface area contributed by atoms with Crippen LogP contribution in [-0.2, 0) is 20.0 Å². The van der Waals surface area contributed by atoms with Gasteiger partial charge >= 0.3 is 130 Å². The molecule has 2 aliphatic rings. The Bertz CT molecular complexity index is 516. The molecule has 0 saturated carbocycles. The second kappa shape index (κ2) is 5.23. The van der Waals surface area contributed by atoms with Crippen LogP contribution in [0.25, 0.3) is 0 Å². The van der Waals surface area contributed by atoms with Gasteiger partial charge in [0.25, 0.3) is 0 Å². The minimum absolute atomic E-state index is 0.357. The molecule has 0 amide bonds. The van der Waals surface area contributed by atoms with Crippen molar-refractivity contribution in [1.82, 2.24) is 0 Å². The van der Waals surface area contributed by atoms with E-state index < -0.39 is 20.0 Å². The molecule has 1 heteroatoms. The van der Waals surface area contributed by atoms with E-state index in [9.17, 15) is 0 Å². The van der Waals surface area contributed by atoms with Crippen LogP contribution in [0.15, 0.2) is 47.1 Å². The van der Waals surface area contributed by atoms with Crippen LogP contribution in [0.4, 0.5) is 0 Å². The van der Waals surface area contributed by atoms with Crippen LogP contribution in [0.5, 0.6) is 0 Å². The Morgan fingerprint density at radius 2 is 1.60 bits per heavy atom. The van der Waals surface area contributed by atoms with Gasteiger partial charge in [-0.15, -0.1) is 0 Å². The summed E-state index contributed by atoms with van der Waals surface area (Å²) in [5.74, 6) is 0. The third-order valence-corrected chi connectivity index (χ3v) is 28.1. The Balaban J connectivity index is 2.56. The minimum atomic E-state index is -2.64. The van der Waals surface area contributed by atoms with E-state index in [1.54, 1.807) is 5.57 Å². The van der Waals surface area contributed by atoms with Crippen molar-refractivity contribution < 1.29 is 20.0 Å². The Labute approximate surface area is 130 Å². The van der Waals surface area contributed by atoms with Gasteiger partial charge in [-0.2, -0.15) is 0 Å². The van der Waals surface area contributed by atoms with Crippen molar-refractivity contribution in [1.29, 1.82) is 0 Å². The summed E-state index contributed by atoms with van der Waals surface area (Å²) in [6.07, 6.45) is 14.9. The number of allylic oxidation sites excluding steroid dienone is 8. The molecule has 0 heterocycles. The molecule has 0 fully saturated rings. The quantitative estimate of drug-likeness (QED) is 0.425. The third-order valence-electron chi connectivity index (χ3n) is 6.46. The second-order valence-electron chi connectivity index (χ2n) is 7.41. The van der Waals surface area contributed by atoms with Gasteiger partial charge in [-0.1, -0.05) is 0 Å². The topological polar surface area (TPSA) is 0 Å². The molecule has 2 rings (SSSR count). The van der Waals surface area contributed by atoms with Crippen LogP contribution in [-0.4, -0.2) is 0 Å². The molecule has 2 aliphatic carbocycles. The van der Waals surface area contributed by atoms with Crippen LogP contribution in [0, 0.1) is 0 Å². The second-order valence-corrected chi connectivity index (χ2v) is 26.2. The molecule has 0 N–H and O–H groups in total. The average Bonchev–Trinajstić information content (AvgIpc) is 2.93. The molecule has 0 spiro atoms. The van der Waals surface area contributed by atoms with Gasteiger partial charge in [-0.3, -0.25) is 0 Å². The molecule has 0 bridgehead atoms. The van der Waals surface area contributed by atoms with Gasteiger partial charge < -0.3 is 0 Å². The molecular formula is C19H30Hf. The van der Waals surface area contributed by atoms with Crippen molar-refractivity contribution in [2.24, 2.45) is 0 Å². The van der Waals surface area contributed by atoms with E-state index >= 15 is 0 Å². The number of hydrogen-bond acceptors (Lipinski definition) is 0. The van der Waals surface area contributed by atoms with Gasteiger partial charge in [0.05, 0.1) is 0 Å². The maximum atomic E-state index is 2.68. The van der Waals surface area contributed by atoms with Crippen molar-refractivity contribution >= 4 is 0 Å². The van der Waals surface area contributed by atoms with Gasteiger partial charge in [-0.25, -0.2) is 0 Å². The molecular weight excluding hydrogens is 407 g/mol. The fraction of sp³-hybridized carbons (Fsp3) is 0.579. The monoisotopic (exact) mass is 438 g/mol. The Morgan fingerprint density at radius 1 is 1.05 bits per heavy atom. The summed E-state index contributed by atoms with van der Waals surface area (Å²) in [6, 6.07) is 0. The van der Waals surface area contributed by atoms with Crippen molar-refractivity contribution in [2.75, 3.05) is 0 Å². The Hall–Kier alpha value is -0.170. The molecule has 110 valence electrons. The van der Waals surface area contributed by atoms with Gasteiger partial charge in [0.2, 0.25) is 0 Å². The zero-order chi connectivity index (χ0) is 15.2. The van der Waals surface area contributed by atoms with Crippen LogP contribution < -0.4 is 0 Å². The van der Waals surface area contributed by atoms with Gasteiger partial charge in [0, 0.05) is 0 Å². The molecule has 20 heavy (non-hydrogen) atoms. The van der Waals surface area contributed by atoms with Crippen molar-refractivity contribution in [3.8, 4) is 0 Å².